The van der Waals surface area contributed by atoms with E-state index in [2.05, 4.69) is 29.6 Å². The van der Waals surface area contributed by atoms with Crippen LogP contribution in [0.5, 0.6) is 5.75 Å². The van der Waals surface area contributed by atoms with Crippen LogP contribution in [0, 0.1) is 0 Å². The number of aromatic hydroxyl groups is 1. The summed E-state index contributed by atoms with van der Waals surface area (Å²) in [7, 11) is 1.66. The molecule has 0 aromatic heterocycles. The van der Waals surface area contributed by atoms with E-state index in [1.54, 1.807) is 31.3 Å². The fourth-order valence-electron chi connectivity index (χ4n) is 2.62. The van der Waals surface area contributed by atoms with Crippen LogP contribution in [0.3, 0.4) is 0 Å². The normalized spacial score (nSPS) is 10.4. The molecule has 0 aliphatic rings. The van der Waals surface area contributed by atoms with Crippen LogP contribution in [0.2, 0.25) is 0 Å². The van der Waals surface area contributed by atoms with Gasteiger partial charge in [-0.25, -0.2) is 4.79 Å². The molecule has 0 bridgehead atoms. The van der Waals surface area contributed by atoms with Crippen LogP contribution < -0.4 is 10.2 Å². The number of carbonyl (C=O) groups is 1. The Morgan fingerprint density at radius 1 is 0.958 bits per heavy atom. The van der Waals surface area contributed by atoms with Crippen molar-refractivity contribution in [1.29, 1.82) is 0 Å². The third kappa shape index (κ3) is 5.61. The molecule has 0 radical (unpaired) electrons. The van der Waals surface area contributed by atoms with E-state index >= 15 is 0 Å². The van der Waals surface area contributed by atoms with Gasteiger partial charge in [0.15, 0.2) is 0 Å². The summed E-state index contributed by atoms with van der Waals surface area (Å²) in [5.74, 6) is 0.107. The number of benzene rings is 2. The van der Waals surface area contributed by atoms with Gasteiger partial charge in [-0.1, -0.05) is 55.3 Å². The molecular weight excluding hydrogens is 300 g/mol. The van der Waals surface area contributed by atoms with Gasteiger partial charge in [0, 0.05) is 13.6 Å². The van der Waals surface area contributed by atoms with Gasteiger partial charge in [0.25, 0.3) is 0 Å². The number of carbonyl (C=O) groups excluding carboxylic acids is 1. The fourth-order valence-corrected chi connectivity index (χ4v) is 2.62. The third-order valence-electron chi connectivity index (χ3n) is 4.06. The second-order valence-corrected chi connectivity index (χ2v) is 5.93. The number of rotatable bonds is 8. The summed E-state index contributed by atoms with van der Waals surface area (Å²) in [5, 5.41) is 12.7. The second kappa shape index (κ2) is 9.60. The van der Waals surface area contributed by atoms with Crippen molar-refractivity contribution in [2.75, 3.05) is 18.5 Å². The molecule has 0 spiro atoms. The quantitative estimate of drug-likeness (QED) is 0.709. The van der Waals surface area contributed by atoms with E-state index < -0.39 is 0 Å². The molecule has 0 unspecified atom stereocenters. The zero-order valence-electron chi connectivity index (χ0n) is 14.2. The van der Waals surface area contributed by atoms with Crippen LogP contribution in [-0.4, -0.2) is 24.7 Å². The Labute approximate surface area is 144 Å². The Balaban J connectivity index is 1.58. The Bertz CT molecular complexity index is 629. The van der Waals surface area contributed by atoms with Crippen molar-refractivity contribution >= 4 is 11.7 Å². The lowest BCUT2D eigenvalue weighted by atomic mass is 10.1. The van der Waals surface area contributed by atoms with Gasteiger partial charge in [0.05, 0.1) is 5.69 Å². The number of urea groups is 1. The molecule has 0 aliphatic heterocycles. The third-order valence-corrected chi connectivity index (χ3v) is 4.06. The molecule has 0 fully saturated rings. The number of phenolic OH excluding ortho intramolecular Hbond substituents is 1. The van der Waals surface area contributed by atoms with Crippen molar-refractivity contribution in [3.8, 4) is 5.75 Å². The standard InChI is InChI=1S/C20H26N2O2/c1-22(18-14-8-9-15-19(18)23)20(24)21-16-10-3-2-5-11-17-12-6-4-7-13-17/h4,6-9,12-15,23H,2-3,5,10-11,16H2,1H3,(H,21,24). The summed E-state index contributed by atoms with van der Waals surface area (Å²) in [4.78, 5) is 13.5. The van der Waals surface area contributed by atoms with Gasteiger partial charge in [0.2, 0.25) is 0 Å². The first-order chi connectivity index (χ1) is 11.7. The lowest BCUT2D eigenvalue weighted by Crippen LogP contribution is -2.37. The number of nitrogens with one attached hydrogen (secondary N) is 1. The lowest BCUT2D eigenvalue weighted by Gasteiger charge is -2.19. The predicted octanol–water partition coefficient (Wildman–Crippen LogP) is 4.34. The zero-order chi connectivity index (χ0) is 17.2. The van der Waals surface area contributed by atoms with Crippen LogP contribution in [0.1, 0.15) is 31.2 Å². The number of hydrogen-bond donors (Lipinski definition) is 2. The van der Waals surface area contributed by atoms with Gasteiger partial charge in [-0.2, -0.15) is 0 Å². The molecule has 0 atom stereocenters. The number of para-hydroxylation sites is 2. The SMILES string of the molecule is CN(C(=O)NCCCCCCc1ccccc1)c1ccccc1O. The average molecular weight is 326 g/mol. The summed E-state index contributed by atoms with van der Waals surface area (Å²) in [6.07, 6.45) is 5.53. The highest BCUT2D eigenvalue weighted by Gasteiger charge is 2.12. The van der Waals surface area contributed by atoms with Crippen molar-refractivity contribution in [3.05, 3.63) is 60.2 Å². The minimum Gasteiger partial charge on any atom is -0.506 e. The van der Waals surface area contributed by atoms with E-state index in [1.807, 2.05) is 6.07 Å². The number of amides is 2. The molecule has 4 nitrogen and oxygen atoms in total. The maximum atomic E-state index is 12.1. The van der Waals surface area contributed by atoms with E-state index in [1.165, 1.54) is 23.3 Å². The van der Waals surface area contributed by atoms with Crippen LogP contribution in [-0.2, 0) is 6.42 Å². The largest absolute Gasteiger partial charge is 0.506 e. The van der Waals surface area contributed by atoms with Gasteiger partial charge in [-0.05, 0) is 37.0 Å². The molecule has 4 heteroatoms. The summed E-state index contributed by atoms with van der Waals surface area (Å²) in [6, 6.07) is 17.1. The minimum atomic E-state index is -0.194. The molecule has 0 heterocycles. The molecule has 24 heavy (non-hydrogen) atoms. The van der Waals surface area contributed by atoms with Crippen LogP contribution in [0.25, 0.3) is 0 Å². The van der Waals surface area contributed by atoms with Crippen molar-refractivity contribution < 1.29 is 9.90 Å². The van der Waals surface area contributed by atoms with Gasteiger partial charge in [-0.3, -0.25) is 4.90 Å². The summed E-state index contributed by atoms with van der Waals surface area (Å²) < 4.78 is 0. The molecule has 2 aromatic rings. The van der Waals surface area contributed by atoms with Crippen molar-refractivity contribution in [1.82, 2.24) is 5.32 Å². The fraction of sp³-hybridized carbons (Fsp3) is 0.350. The number of unbranched alkanes of at least 4 members (excludes halogenated alkanes) is 3. The van der Waals surface area contributed by atoms with E-state index in [-0.39, 0.29) is 11.8 Å². The van der Waals surface area contributed by atoms with E-state index in [0.717, 1.165) is 19.3 Å². The first-order valence-corrected chi connectivity index (χ1v) is 8.52. The van der Waals surface area contributed by atoms with Gasteiger partial charge >= 0.3 is 6.03 Å². The van der Waals surface area contributed by atoms with E-state index in [9.17, 15) is 9.90 Å². The predicted molar refractivity (Wildman–Crippen MR) is 98.5 cm³/mol. The molecule has 0 saturated carbocycles. The van der Waals surface area contributed by atoms with E-state index in [0.29, 0.717) is 12.2 Å². The number of phenols is 1. The molecule has 2 aromatic carbocycles. The number of aryl methyl sites for hydroxylation is 1. The topological polar surface area (TPSA) is 52.6 Å². The Morgan fingerprint density at radius 2 is 1.62 bits per heavy atom. The minimum absolute atomic E-state index is 0.107. The molecule has 2 rings (SSSR count). The van der Waals surface area contributed by atoms with Crippen LogP contribution >= 0.6 is 0 Å². The number of anilines is 1. The van der Waals surface area contributed by atoms with E-state index in [4.69, 9.17) is 0 Å². The molecule has 2 amide bonds. The van der Waals surface area contributed by atoms with Crippen LogP contribution in [0.4, 0.5) is 10.5 Å². The molecule has 0 saturated heterocycles. The molecule has 0 aliphatic carbocycles. The summed E-state index contributed by atoms with van der Waals surface area (Å²) in [6.45, 7) is 0.655. The zero-order valence-corrected chi connectivity index (χ0v) is 14.2. The first kappa shape index (κ1) is 17.9. The average Bonchev–Trinajstić information content (AvgIpc) is 2.61. The summed E-state index contributed by atoms with van der Waals surface area (Å²) in [5.41, 5.74) is 1.90. The Morgan fingerprint density at radius 3 is 2.38 bits per heavy atom. The molecular formula is C20H26N2O2. The molecule has 2 N–H and O–H groups in total. The van der Waals surface area contributed by atoms with Gasteiger partial charge < -0.3 is 10.4 Å². The Kier molecular flexibility index (Phi) is 7.15. The summed E-state index contributed by atoms with van der Waals surface area (Å²) >= 11 is 0. The second-order valence-electron chi connectivity index (χ2n) is 5.93. The highest BCUT2D eigenvalue weighted by molar-refractivity contribution is 5.92. The lowest BCUT2D eigenvalue weighted by molar-refractivity contribution is 0.247. The maximum Gasteiger partial charge on any atom is 0.321 e. The van der Waals surface area contributed by atoms with Crippen molar-refractivity contribution in [2.24, 2.45) is 0 Å². The van der Waals surface area contributed by atoms with Gasteiger partial charge in [-0.15, -0.1) is 0 Å². The maximum absolute atomic E-state index is 12.1. The highest BCUT2D eigenvalue weighted by atomic mass is 16.3. The number of hydrogen-bond acceptors (Lipinski definition) is 2. The van der Waals surface area contributed by atoms with Gasteiger partial charge in [0.1, 0.15) is 5.75 Å². The van der Waals surface area contributed by atoms with Crippen LogP contribution in [0.15, 0.2) is 54.6 Å². The Hall–Kier alpha value is -2.49. The first-order valence-electron chi connectivity index (χ1n) is 8.52. The highest BCUT2D eigenvalue weighted by Crippen LogP contribution is 2.25. The van der Waals surface area contributed by atoms with Crippen molar-refractivity contribution in [3.63, 3.8) is 0 Å². The van der Waals surface area contributed by atoms with Crippen molar-refractivity contribution in [2.45, 2.75) is 32.1 Å². The smallest absolute Gasteiger partial charge is 0.321 e. The number of nitrogens with zero attached hydrogens (tertiary/aromatic N) is 1. The monoisotopic (exact) mass is 326 g/mol. The molecule has 128 valence electrons.